The van der Waals surface area contributed by atoms with Gasteiger partial charge in [0.15, 0.2) is 5.76 Å². The van der Waals surface area contributed by atoms with Crippen LogP contribution in [0, 0.1) is 0 Å². The number of likely N-dealkylation sites (N-methyl/N-ethyl adjacent to an activating group) is 1. The minimum absolute atomic E-state index is 0.0416. The van der Waals surface area contributed by atoms with Crippen LogP contribution in [-0.2, 0) is 5.41 Å². The average molecular weight is 330 g/mol. The maximum absolute atomic E-state index is 9.76. The average Bonchev–Trinajstić information content (AvgIpc) is 3.01. The maximum Gasteiger partial charge on any atom is 0.159 e. The molecule has 1 unspecified atom stereocenters. The van der Waals surface area contributed by atoms with Gasteiger partial charge in [-0.25, -0.2) is 0 Å². The van der Waals surface area contributed by atoms with Gasteiger partial charge in [-0.2, -0.15) is 0 Å². The third kappa shape index (κ3) is 5.22. The molecule has 0 saturated carbocycles. The summed E-state index contributed by atoms with van der Waals surface area (Å²) < 4.78 is 11.1. The zero-order chi connectivity index (χ0) is 17.6. The molecule has 2 N–H and O–H groups in total. The van der Waals surface area contributed by atoms with E-state index < -0.39 is 6.10 Å². The lowest BCUT2D eigenvalue weighted by Gasteiger charge is -2.13. The van der Waals surface area contributed by atoms with Crippen LogP contribution >= 0.6 is 0 Å². The van der Waals surface area contributed by atoms with Gasteiger partial charge in [0, 0.05) is 23.6 Å². The van der Waals surface area contributed by atoms with Crippen LogP contribution in [0.25, 0.3) is 12.2 Å². The molecule has 0 amide bonds. The Bertz CT molecular complexity index is 671. The van der Waals surface area contributed by atoms with Crippen LogP contribution in [0.15, 0.2) is 34.9 Å². The van der Waals surface area contributed by atoms with Gasteiger partial charge in [-0.1, -0.05) is 44.1 Å². The van der Waals surface area contributed by atoms with Crippen LogP contribution in [0.5, 0.6) is 5.75 Å². The molecule has 0 fully saturated rings. The van der Waals surface area contributed by atoms with Crippen molar-refractivity contribution in [2.24, 2.45) is 0 Å². The number of nitrogens with one attached hydrogen (secondary N) is 1. The van der Waals surface area contributed by atoms with Crippen LogP contribution in [-0.4, -0.2) is 36.6 Å². The van der Waals surface area contributed by atoms with E-state index in [0.29, 0.717) is 12.3 Å². The zero-order valence-electron chi connectivity index (χ0n) is 14.7. The number of ether oxygens (including phenoxy) is 1. The second-order valence-electron chi connectivity index (χ2n) is 6.76. The molecular formula is C19H26N2O3. The van der Waals surface area contributed by atoms with Gasteiger partial charge < -0.3 is 19.7 Å². The Kier molecular flexibility index (Phi) is 6.17. The Morgan fingerprint density at radius 2 is 2.04 bits per heavy atom. The number of nitrogens with zero attached hydrogens (tertiary/aromatic N) is 1. The first-order valence-corrected chi connectivity index (χ1v) is 8.10. The molecule has 5 nitrogen and oxygen atoms in total. The highest BCUT2D eigenvalue weighted by Gasteiger charge is 2.18. The largest absolute Gasteiger partial charge is 0.490 e. The second-order valence-corrected chi connectivity index (χ2v) is 6.76. The number of para-hydroxylation sites is 1. The van der Waals surface area contributed by atoms with Gasteiger partial charge in [0.05, 0.1) is 5.69 Å². The molecule has 24 heavy (non-hydrogen) atoms. The predicted molar refractivity (Wildman–Crippen MR) is 96.0 cm³/mol. The van der Waals surface area contributed by atoms with E-state index in [1.165, 1.54) is 0 Å². The standard InChI is InChI=1S/C19H26N2O3/c1-19(2,3)18-11-16(24-21-18)10-9-14-7-5-6-8-17(14)23-13-15(22)12-20-4/h5-11,15,20,22H,12-13H2,1-4H3/b10-9+. The molecule has 1 aromatic carbocycles. The Morgan fingerprint density at radius 1 is 1.29 bits per heavy atom. The molecule has 0 aliphatic rings. The van der Waals surface area contributed by atoms with E-state index in [9.17, 15) is 5.11 Å². The number of aliphatic hydroxyl groups excluding tert-OH is 1. The molecule has 0 bridgehead atoms. The summed E-state index contributed by atoms with van der Waals surface area (Å²) in [4.78, 5) is 0. The Labute approximate surface area is 143 Å². The zero-order valence-corrected chi connectivity index (χ0v) is 14.7. The molecule has 1 atom stereocenters. The van der Waals surface area contributed by atoms with Crippen molar-refractivity contribution in [3.05, 3.63) is 47.3 Å². The van der Waals surface area contributed by atoms with Gasteiger partial charge in [-0.3, -0.25) is 0 Å². The highest BCUT2D eigenvalue weighted by Crippen LogP contribution is 2.24. The molecule has 0 aliphatic carbocycles. The summed E-state index contributed by atoms with van der Waals surface area (Å²) >= 11 is 0. The van der Waals surface area contributed by atoms with E-state index in [1.807, 2.05) is 42.5 Å². The molecule has 130 valence electrons. The fraction of sp³-hybridized carbons (Fsp3) is 0.421. The SMILES string of the molecule is CNCC(O)COc1ccccc1/C=C/c1cc(C(C)(C)C)no1. The first-order valence-electron chi connectivity index (χ1n) is 8.10. The minimum atomic E-state index is -0.546. The van der Waals surface area contributed by atoms with Crippen molar-refractivity contribution in [3.63, 3.8) is 0 Å². The summed E-state index contributed by atoms with van der Waals surface area (Å²) in [6.45, 7) is 7.02. The highest BCUT2D eigenvalue weighted by atomic mass is 16.5. The molecule has 2 rings (SSSR count). The van der Waals surface area contributed by atoms with E-state index in [1.54, 1.807) is 7.05 Å². The number of aliphatic hydroxyl groups is 1. The topological polar surface area (TPSA) is 67.5 Å². The summed E-state index contributed by atoms with van der Waals surface area (Å²) in [5.74, 6) is 1.42. The van der Waals surface area contributed by atoms with Crippen LogP contribution in [0.3, 0.4) is 0 Å². The summed E-state index contributed by atoms with van der Waals surface area (Å²) in [5.41, 5.74) is 1.80. The normalized spacial score (nSPS) is 13.4. The van der Waals surface area contributed by atoms with Crippen LogP contribution < -0.4 is 10.1 Å². The van der Waals surface area contributed by atoms with Gasteiger partial charge >= 0.3 is 0 Å². The van der Waals surface area contributed by atoms with Crippen molar-refractivity contribution in [1.29, 1.82) is 0 Å². The quantitative estimate of drug-likeness (QED) is 0.816. The Hall–Kier alpha value is -2.11. The number of aromatic nitrogens is 1. The molecule has 0 saturated heterocycles. The van der Waals surface area contributed by atoms with Crippen molar-refractivity contribution in [2.45, 2.75) is 32.3 Å². The summed E-state index contributed by atoms with van der Waals surface area (Å²) in [7, 11) is 1.79. The van der Waals surface area contributed by atoms with E-state index >= 15 is 0 Å². The number of hydrogen-bond donors (Lipinski definition) is 2. The minimum Gasteiger partial charge on any atom is -0.490 e. The molecule has 0 radical (unpaired) electrons. The van der Waals surface area contributed by atoms with E-state index in [2.05, 4.69) is 31.2 Å². The van der Waals surface area contributed by atoms with Crippen LogP contribution in [0.4, 0.5) is 0 Å². The maximum atomic E-state index is 9.76. The van der Waals surface area contributed by atoms with Crippen molar-refractivity contribution in [3.8, 4) is 5.75 Å². The Balaban J connectivity index is 2.08. The van der Waals surface area contributed by atoms with Crippen LogP contribution in [0.1, 0.15) is 37.8 Å². The molecular weight excluding hydrogens is 304 g/mol. The summed E-state index contributed by atoms with van der Waals surface area (Å²) in [6, 6.07) is 9.63. The molecule has 1 aromatic heterocycles. The molecule has 0 spiro atoms. The predicted octanol–water partition coefficient (Wildman–Crippen LogP) is 3.10. The monoisotopic (exact) mass is 330 g/mol. The van der Waals surface area contributed by atoms with Crippen molar-refractivity contribution < 1.29 is 14.4 Å². The second kappa shape index (κ2) is 8.13. The first kappa shape index (κ1) is 18.2. The fourth-order valence-electron chi connectivity index (χ4n) is 2.12. The third-order valence-electron chi connectivity index (χ3n) is 3.51. The number of hydrogen-bond acceptors (Lipinski definition) is 5. The lowest BCUT2D eigenvalue weighted by Crippen LogP contribution is -2.29. The molecule has 2 aromatic rings. The van der Waals surface area contributed by atoms with Gasteiger partial charge in [-0.05, 0) is 25.3 Å². The van der Waals surface area contributed by atoms with Crippen molar-refractivity contribution in [2.75, 3.05) is 20.2 Å². The molecule has 5 heteroatoms. The van der Waals surface area contributed by atoms with E-state index in [4.69, 9.17) is 9.26 Å². The third-order valence-corrected chi connectivity index (χ3v) is 3.51. The molecule has 1 heterocycles. The van der Waals surface area contributed by atoms with Gasteiger partial charge in [-0.15, -0.1) is 0 Å². The Morgan fingerprint density at radius 3 is 2.71 bits per heavy atom. The van der Waals surface area contributed by atoms with E-state index in [-0.39, 0.29) is 12.0 Å². The van der Waals surface area contributed by atoms with Gasteiger partial charge in [0.1, 0.15) is 18.5 Å². The van der Waals surface area contributed by atoms with E-state index in [0.717, 1.165) is 17.0 Å². The fourth-order valence-corrected chi connectivity index (χ4v) is 2.12. The molecule has 0 aliphatic heterocycles. The number of rotatable bonds is 7. The first-order chi connectivity index (χ1) is 11.4. The van der Waals surface area contributed by atoms with Gasteiger partial charge in [0.25, 0.3) is 0 Å². The van der Waals surface area contributed by atoms with Crippen LogP contribution in [0.2, 0.25) is 0 Å². The van der Waals surface area contributed by atoms with Crippen molar-refractivity contribution >= 4 is 12.2 Å². The van der Waals surface area contributed by atoms with Gasteiger partial charge in [0.2, 0.25) is 0 Å². The summed E-state index contributed by atoms with van der Waals surface area (Å²) in [5, 5.41) is 16.8. The summed E-state index contributed by atoms with van der Waals surface area (Å²) in [6.07, 6.45) is 3.25. The van der Waals surface area contributed by atoms with Crippen molar-refractivity contribution in [1.82, 2.24) is 10.5 Å². The smallest absolute Gasteiger partial charge is 0.159 e. The number of benzene rings is 1. The lowest BCUT2D eigenvalue weighted by molar-refractivity contribution is 0.108. The highest BCUT2D eigenvalue weighted by molar-refractivity contribution is 5.70. The lowest BCUT2D eigenvalue weighted by atomic mass is 9.92.